The van der Waals surface area contributed by atoms with Crippen LogP contribution >= 0.6 is 0 Å². The molecule has 0 aliphatic rings. The van der Waals surface area contributed by atoms with E-state index in [9.17, 15) is 14.9 Å². The third kappa shape index (κ3) is 3.43. The summed E-state index contributed by atoms with van der Waals surface area (Å²) in [5.41, 5.74) is 5.77. The maximum atomic E-state index is 12.3. The first-order valence-corrected chi connectivity index (χ1v) is 6.19. The number of carbonyl (C=O) groups is 1. The van der Waals surface area contributed by atoms with Crippen LogP contribution in [0.4, 0.5) is 11.4 Å². The second-order valence-corrected chi connectivity index (χ2v) is 4.59. The molecule has 1 unspecified atom stereocenters. The summed E-state index contributed by atoms with van der Waals surface area (Å²) >= 11 is 0. The third-order valence-corrected chi connectivity index (χ3v) is 3.14. The maximum Gasteiger partial charge on any atom is 0.282 e. The van der Waals surface area contributed by atoms with Crippen LogP contribution < -0.4 is 5.73 Å². The second-order valence-electron chi connectivity index (χ2n) is 4.59. The van der Waals surface area contributed by atoms with Gasteiger partial charge in [0.1, 0.15) is 5.56 Å². The zero-order chi connectivity index (χ0) is 14.6. The molecule has 6 heteroatoms. The predicted octanol–water partition coefficient (Wildman–Crippen LogP) is 2.44. The van der Waals surface area contributed by atoms with E-state index in [4.69, 9.17) is 5.73 Å². The van der Waals surface area contributed by atoms with Crippen molar-refractivity contribution < 1.29 is 9.72 Å². The Bertz CT molecular complexity index is 488. The molecule has 19 heavy (non-hydrogen) atoms. The maximum absolute atomic E-state index is 12.3. The number of hydrogen-bond acceptors (Lipinski definition) is 4. The van der Waals surface area contributed by atoms with E-state index in [1.54, 1.807) is 7.05 Å². The monoisotopic (exact) mass is 265 g/mol. The molecular formula is C13H19N3O3. The molecule has 0 aliphatic carbocycles. The zero-order valence-corrected chi connectivity index (χ0v) is 11.4. The molecule has 6 nitrogen and oxygen atoms in total. The quantitative estimate of drug-likeness (QED) is 0.503. The van der Waals surface area contributed by atoms with Crippen LogP contribution in [0.1, 0.15) is 37.0 Å². The van der Waals surface area contributed by atoms with E-state index in [-0.39, 0.29) is 23.2 Å². The van der Waals surface area contributed by atoms with Gasteiger partial charge < -0.3 is 10.6 Å². The fourth-order valence-electron chi connectivity index (χ4n) is 1.89. The number of carbonyl (C=O) groups excluding carboxylic acids is 1. The number of benzene rings is 1. The highest BCUT2D eigenvalue weighted by atomic mass is 16.6. The van der Waals surface area contributed by atoms with Crippen molar-refractivity contribution >= 4 is 17.3 Å². The van der Waals surface area contributed by atoms with Crippen molar-refractivity contribution in [2.24, 2.45) is 0 Å². The molecule has 1 rings (SSSR count). The summed E-state index contributed by atoms with van der Waals surface area (Å²) in [4.78, 5) is 24.2. The Balaban J connectivity index is 3.11. The number of amides is 1. The summed E-state index contributed by atoms with van der Waals surface area (Å²) in [6, 6.07) is 4.07. The molecule has 0 spiro atoms. The third-order valence-electron chi connectivity index (χ3n) is 3.14. The molecule has 0 bridgehead atoms. The van der Waals surface area contributed by atoms with Crippen molar-refractivity contribution in [2.45, 2.75) is 32.7 Å². The first-order valence-electron chi connectivity index (χ1n) is 6.19. The SMILES string of the molecule is CCCC(C)N(C)C(=O)c1cc(N)ccc1[N+](=O)[O-]. The van der Waals surface area contributed by atoms with Crippen LogP contribution in [-0.4, -0.2) is 28.8 Å². The van der Waals surface area contributed by atoms with Crippen LogP contribution in [-0.2, 0) is 0 Å². The van der Waals surface area contributed by atoms with Gasteiger partial charge in [-0.05, 0) is 25.5 Å². The van der Waals surface area contributed by atoms with Crippen molar-refractivity contribution in [2.75, 3.05) is 12.8 Å². The molecule has 0 radical (unpaired) electrons. The topological polar surface area (TPSA) is 89.5 Å². The minimum atomic E-state index is -0.564. The minimum Gasteiger partial charge on any atom is -0.399 e. The Morgan fingerprint density at radius 3 is 2.68 bits per heavy atom. The van der Waals surface area contributed by atoms with Gasteiger partial charge in [-0.15, -0.1) is 0 Å². The number of nitrogens with zero attached hydrogens (tertiary/aromatic N) is 2. The molecule has 1 aromatic carbocycles. The van der Waals surface area contributed by atoms with Crippen LogP contribution in [0, 0.1) is 10.1 Å². The Morgan fingerprint density at radius 2 is 2.16 bits per heavy atom. The van der Waals surface area contributed by atoms with E-state index in [0.717, 1.165) is 12.8 Å². The molecule has 0 fully saturated rings. The summed E-state index contributed by atoms with van der Waals surface area (Å²) in [7, 11) is 1.65. The van der Waals surface area contributed by atoms with Crippen molar-refractivity contribution in [3.63, 3.8) is 0 Å². The molecule has 1 atom stereocenters. The highest BCUT2D eigenvalue weighted by molar-refractivity contribution is 5.99. The van der Waals surface area contributed by atoms with E-state index in [0.29, 0.717) is 5.69 Å². The van der Waals surface area contributed by atoms with Gasteiger partial charge in [-0.1, -0.05) is 13.3 Å². The summed E-state index contributed by atoms with van der Waals surface area (Å²) in [5.74, 6) is -0.375. The van der Waals surface area contributed by atoms with Gasteiger partial charge in [-0.25, -0.2) is 0 Å². The summed E-state index contributed by atoms with van der Waals surface area (Å²) in [6.45, 7) is 3.94. The van der Waals surface area contributed by atoms with Crippen LogP contribution in [0.3, 0.4) is 0 Å². The fourth-order valence-corrected chi connectivity index (χ4v) is 1.89. The Kier molecular flexibility index (Phi) is 4.86. The Morgan fingerprint density at radius 1 is 1.53 bits per heavy atom. The lowest BCUT2D eigenvalue weighted by Crippen LogP contribution is -2.35. The van der Waals surface area contributed by atoms with Gasteiger partial charge in [0.15, 0.2) is 0 Å². The van der Waals surface area contributed by atoms with Crippen molar-refractivity contribution in [1.29, 1.82) is 0 Å². The van der Waals surface area contributed by atoms with Crippen molar-refractivity contribution in [3.8, 4) is 0 Å². The van der Waals surface area contributed by atoms with Gasteiger partial charge in [0.2, 0.25) is 0 Å². The average molecular weight is 265 g/mol. The average Bonchev–Trinajstić information content (AvgIpc) is 2.36. The van der Waals surface area contributed by atoms with E-state index < -0.39 is 4.92 Å². The number of rotatable bonds is 5. The number of nitro benzene ring substituents is 1. The van der Waals surface area contributed by atoms with Crippen LogP contribution in [0.5, 0.6) is 0 Å². The van der Waals surface area contributed by atoms with E-state index >= 15 is 0 Å². The van der Waals surface area contributed by atoms with Gasteiger partial charge in [0.05, 0.1) is 4.92 Å². The van der Waals surface area contributed by atoms with Gasteiger partial charge in [-0.2, -0.15) is 0 Å². The number of anilines is 1. The summed E-state index contributed by atoms with van der Waals surface area (Å²) in [6.07, 6.45) is 1.79. The molecule has 0 aromatic heterocycles. The molecule has 104 valence electrons. The lowest BCUT2D eigenvalue weighted by Gasteiger charge is -2.24. The molecule has 0 saturated heterocycles. The van der Waals surface area contributed by atoms with Gasteiger partial charge >= 0.3 is 0 Å². The normalized spacial score (nSPS) is 11.9. The smallest absolute Gasteiger partial charge is 0.282 e. The van der Waals surface area contributed by atoms with Gasteiger partial charge in [-0.3, -0.25) is 14.9 Å². The number of nitro groups is 1. The van der Waals surface area contributed by atoms with E-state index in [1.807, 2.05) is 13.8 Å². The number of nitrogens with two attached hydrogens (primary N) is 1. The molecule has 1 amide bonds. The molecule has 0 heterocycles. The van der Waals surface area contributed by atoms with Crippen molar-refractivity contribution in [3.05, 3.63) is 33.9 Å². The molecule has 1 aromatic rings. The van der Waals surface area contributed by atoms with Crippen LogP contribution in [0.15, 0.2) is 18.2 Å². The predicted molar refractivity (Wildman–Crippen MR) is 74.0 cm³/mol. The minimum absolute atomic E-state index is 0.0264. The van der Waals surface area contributed by atoms with E-state index in [1.165, 1.54) is 23.1 Å². The first-order chi connectivity index (χ1) is 8.88. The largest absolute Gasteiger partial charge is 0.399 e. The highest BCUT2D eigenvalue weighted by Gasteiger charge is 2.25. The lowest BCUT2D eigenvalue weighted by atomic mass is 10.1. The molecular weight excluding hydrogens is 246 g/mol. The summed E-state index contributed by atoms with van der Waals surface area (Å²) in [5, 5.41) is 10.9. The Hall–Kier alpha value is -2.11. The van der Waals surface area contributed by atoms with E-state index in [2.05, 4.69) is 0 Å². The summed E-state index contributed by atoms with van der Waals surface area (Å²) < 4.78 is 0. The molecule has 2 N–H and O–H groups in total. The highest BCUT2D eigenvalue weighted by Crippen LogP contribution is 2.23. The second kappa shape index (κ2) is 6.17. The Labute approximate surface area is 112 Å². The first kappa shape index (κ1) is 14.9. The number of hydrogen-bond donors (Lipinski definition) is 1. The van der Waals surface area contributed by atoms with Gasteiger partial charge in [0.25, 0.3) is 11.6 Å². The number of nitrogen functional groups attached to an aromatic ring is 1. The standard InChI is InChI=1S/C13H19N3O3/c1-4-5-9(2)15(3)13(17)11-8-10(14)6-7-12(11)16(18)19/h6-9H,4-5,14H2,1-3H3. The molecule has 0 aliphatic heterocycles. The van der Waals surface area contributed by atoms with Crippen LogP contribution in [0.2, 0.25) is 0 Å². The fraction of sp³-hybridized carbons (Fsp3) is 0.462. The molecule has 0 saturated carbocycles. The lowest BCUT2D eigenvalue weighted by molar-refractivity contribution is -0.385. The zero-order valence-electron chi connectivity index (χ0n) is 11.4. The van der Waals surface area contributed by atoms with Gasteiger partial charge in [0, 0.05) is 24.8 Å². The van der Waals surface area contributed by atoms with Crippen molar-refractivity contribution in [1.82, 2.24) is 4.90 Å². The van der Waals surface area contributed by atoms with Crippen LogP contribution in [0.25, 0.3) is 0 Å².